The number of urea groups is 1. The SMILES string of the molecule is CO[Si](C)(CCCNC(=O)NC1CC(C)(C)N(O)C(C)(C)C1)OC. The second-order valence-corrected chi connectivity index (χ2v) is 11.7. The van der Waals surface area contributed by atoms with Crippen LogP contribution < -0.4 is 10.6 Å². The number of hydrogen-bond donors (Lipinski definition) is 3. The minimum Gasteiger partial charge on any atom is -0.398 e. The van der Waals surface area contributed by atoms with Gasteiger partial charge in [-0.1, -0.05) is 0 Å². The van der Waals surface area contributed by atoms with Crippen molar-refractivity contribution in [1.82, 2.24) is 15.7 Å². The fourth-order valence-electron chi connectivity index (χ4n) is 3.51. The van der Waals surface area contributed by atoms with Gasteiger partial charge in [0.05, 0.1) is 0 Å². The first-order valence-corrected chi connectivity index (χ1v) is 11.1. The topological polar surface area (TPSA) is 83.1 Å². The van der Waals surface area contributed by atoms with Gasteiger partial charge >= 0.3 is 14.6 Å². The zero-order valence-corrected chi connectivity index (χ0v) is 17.2. The summed E-state index contributed by atoms with van der Waals surface area (Å²) in [5.74, 6) is 0. The summed E-state index contributed by atoms with van der Waals surface area (Å²) in [6, 6.07) is 0.718. The maximum absolute atomic E-state index is 12.1. The second kappa shape index (κ2) is 8.14. The molecule has 1 aliphatic heterocycles. The molecule has 1 heterocycles. The lowest BCUT2D eigenvalue weighted by Crippen LogP contribution is -2.63. The molecule has 0 unspecified atom stereocenters. The van der Waals surface area contributed by atoms with Crippen LogP contribution in [0.3, 0.4) is 0 Å². The highest BCUT2D eigenvalue weighted by molar-refractivity contribution is 6.65. The lowest BCUT2D eigenvalue weighted by atomic mass is 9.79. The molecule has 0 atom stereocenters. The highest BCUT2D eigenvalue weighted by Gasteiger charge is 2.45. The van der Waals surface area contributed by atoms with Gasteiger partial charge in [0, 0.05) is 37.9 Å². The number of carbonyl (C=O) groups excluding carboxylic acids is 1. The number of rotatable bonds is 7. The van der Waals surface area contributed by atoms with E-state index in [1.807, 2.05) is 34.2 Å². The fourth-order valence-corrected chi connectivity index (χ4v) is 4.90. The van der Waals surface area contributed by atoms with Crippen molar-refractivity contribution in [2.75, 3.05) is 20.8 Å². The van der Waals surface area contributed by atoms with Gasteiger partial charge in [0.2, 0.25) is 0 Å². The van der Waals surface area contributed by atoms with E-state index in [0.717, 1.165) is 12.5 Å². The first kappa shape index (κ1) is 21.4. The molecule has 3 N–H and O–H groups in total. The molecule has 1 rings (SSSR count). The van der Waals surface area contributed by atoms with Crippen molar-refractivity contribution in [3.8, 4) is 0 Å². The third-order valence-electron chi connectivity index (χ3n) is 4.93. The molecule has 0 aliphatic carbocycles. The van der Waals surface area contributed by atoms with Crippen LogP contribution in [0, 0.1) is 0 Å². The van der Waals surface area contributed by atoms with Crippen LogP contribution in [0.1, 0.15) is 47.0 Å². The zero-order valence-electron chi connectivity index (χ0n) is 16.2. The Balaban J connectivity index is 2.40. The molecule has 1 aliphatic rings. The van der Waals surface area contributed by atoms with Crippen LogP contribution in [-0.4, -0.2) is 62.7 Å². The van der Waals surface area contributed by atoms with Crippen molar-refractivity contribution >= 4 is 14.6 Å². The Bertz CT molecular complexity index is 410. The van der Waals surface area contributed by atoms with E-state index in [9.17, 15) is 10.0 Å². The van der Waals surface area contributed by atoms with Crippen molar-refractivity contribution in [2.24, 2.45) is 0 Å². The van der Waals surface area contributed by atoms with Crippen LogP contribution in [0.25, 0.3) is 0 Å². The van der Waals surface area contributed by atoms with E-state index in [0.29, 0.717) is 19.4 Å². The largest absolute Gasteiger partial charge is 0.398 e. The van der Waals surface area contributed by atoms with Gasteiger partial charge in [0.25, 0.3) is 0 Å². The summed E-state index contributed by atoms with van der Waals surface area (Å²) in [7, 11) is 1.28. The van der Waals surface area contributed by atoms with Crippen LogP contribution in [-0.2, 0) is 8.85 Å². The zero-order chi connectivity index (χ0) is 18.6. The molecular weight excluding hydrogens is 326 g/mol. The molecule has 0 spiro atoms. The van der Waals surface area contributed by atoms with Crippen LogP contribution in [0.15, 0.2) is 0 Å². The molecule has 0 aromatic heterocycles. The normalized spacial score (nSPS) is 21.5. The van der Waals surface area contributed by atoms with Gasteiger partial charge in [-0.2, -0.15) is 5.06 Å². The van der Waals surface area contributed by atoms with Gasteiger partial charge < -0.3 is 24.7 Å². The molecule has 0 radical (unpaired) electrons. The minimum absolute atomic E-state index is 0.0380. The van der Waals surface area contributed by atoms with Crippen LogP contribution in [0.4, 0.5) is 4.79 Å². The standard InChI is InChI=1S/C16H35N3O4Si/c1-15(2)11-13(12-16(3,4)19(15)21)18-14(20)17-9-8-10-24(7,22-5)23-6/h13,21H,8-12H2,1-7H3,(H2,17,18,20). The van der Waals surface area contributed by atoms with Crippen molar-refractivity contribution in [1.29, 1.82) is 0 Å². The predicted molar refractivity (Wildman–Crippen MR) is 96.4 cm³/mol. The molecule has 7 nitrogen and oxygen atoms in total. The lowest BCUT2D eigenvalue weighted by Gasteiger charge is -2.51. The smallest absolute Gasteiger partial charge is 0.334 e. The fraction of sp³-hybridized carbons (Fsp3) is 0.938. The predicted octanol–water partition coefficient (Wildman–Crippen LogP) is 2.45. The van der Waals surface area contributed by atoms with E-state index < -0.39 is 8.56 Å². The average molecular weight is 362 g/mol. The molecule has 1 saturated heterocycles. The third-order valence-corrected chi connectivity index (χ3v) is 7.92. The van der Waals surface area contributed by atoms with E-state index in [4.69, 9.17) is 8.85 Å². The van der Waals surface area contributed by atoms with Crippen molar-refractivity contribution in [2.45, 2.75) is 76.7 Å². The monoisotopic (exact) mass is 361 g/mol. The summed E-state index contributed by atoms with van der Waals surface area (Å²) in [5.41, 5.74) is -0.742. The first-order chi connectivity index (χ1) is 11.0. The summed E-state index contributed by atoms with van der Waals surface area (Å²) >= 11 is 0. The average Bonchev–Trinajstić information content (AvgIpc) is 2.48. The molecule has 2 amide bonds. The van der Waals surface area contributed by atoms with Crippen LogP contribution in [0.5, 0.6) is 0 Å². The van der Waals surface area contributed by atoms with Crippen LogP contribution >= 0.6 is 0 Å². The number of nitrogens with one attached hydrogen (secondary N) is 2. The molecule has 8 heteroatoms. The molecule has 142 valence electrons. The number of piperidine rings is 1. The number of amides is 2. The van der Waals surface area contributed by atoms with Crippen LogP contribution in [0.2, 0.25) is 12.6 Å². The Labute approximate surface area is 147 Å². The Morgan fingerprint density at radius 1 is 1.21 bits per heavy atom. The second-order valence-electron chi connectivity index (χ2n) is 8.09. The molecule has 0 saturated carbocycles. The van der Waals surface area contributed by atoms with E-state index in [2.05, 4.69) is 10.6 Å². The van der Waals surface area contributed by atoms with Gasteiger partial charge in [-0.05, 0) is 59.5 Å². The lowest BCUT2D eigenvalue weighted by molar-refractivity contribution is -0.245. The number of nitrogens with zero attached hydrogens (tertiary/aromatic N) is 1. The summed E-state index contributed by atoms with van der Waals surface area (Å²) < 4.78 is 10.9. The van der Waals surface area contributed by atoms with E-state index in [1.54, 1.807) is 14.2 Å². The van der Waals surface area contributed by atoms with Crippen molar-refractivity contribution < 1.29 is 18.9 Å². The minimum atomic E-state index is -2.06. The quantitative estimate of drug-likeness (QED) is 0.479. The maximum atomic E-state index is 12.1. The summed E-state index contributed by atoms with van der Waals surface area (Å²) in [4.78, 5) is 12.1. The third kappa shape index (κ3) is 5.70. The Hall–Kier alpha value is -0.673. The van der Waals surface area contributed by atoms with Gasteiger partial charge in [0.1, 0.15) is 0 Å². The Kier molecular flexibility index (Phi) is 7.25. The number of carbonyl (C=O) groups is 1. The summed E-state index contributed by atoms with van der Waals surface area (Å²) in [5, 5.41) is 17.7. The van der Waals surface area contributed by atoms with E-state index in [-0.39, 0.29) is 23.2 Å². The van der Waals surface area contributed by atoms with Crippen molar-refractivity contribution in [3.63, 3.8) is 0 Å². The molecule has 0 bridgehead atoms. The molecule has 0 aromatic rings. The van der Waals surface area contributed by atoms with Crippen molar-refractivity contribution in [3.05, 3.63) is 0 Å². The first-order valence-electron chi connectivity index (χ1n) is 8.60. The Morgan fingerprint density at radius 2 is 1.71 bits per heavy atom. The van der Waals surface area contributed by atoms with E-state index in [1.165, 1.54) is 5.06 Å². The number of hydroxylamine groups is 2. The molecule has 1 fully saturated rings. The Morgan fingerprint density at radius 3 is 2.17 bits per heavy atom. The molecular formula is C16H35N3O4Si. The van der Waals surface area contributed by atoms with Gasteiger partial charge in [-0.25, -0.2) is 4.79 Å². The molecule has 24 heavy (non-hydrogen) atoms. The summed E-state index contributed by atoms with van der Waals surface area (Å²) in [6.07, 6.45) is 2.24. The van der Waals surface area contributed by atoms with E-state index >= 15 is 0 Å². The highest BCUT2D eigenvalue weighted by atomic mass is 28.4. The van der Waals surface area contributed by atoms with Gasteiger partial charge in [-0.15, -0.1) is 0 Å². The molecule has 0 aromatic carbocycles. The van der Waals surface area contributed by atoms with Gasteiger partial charge in [-0.3, -0.25) is 0 Å². The highest BCUT2D eigenvalue weighted by Crippen LogP contribution is 2.36. The number of hydrogen-bond acceptors (Lipinski definition) is 5. The maximum Gasteiger partial charge on any atom is 0.334 e. The summed E-state index contributed by atoms with van der Waals surface area (Å²) in [6.45, 7) is 10.6. The van der Waals surface area contributed by atoms with Gasteiger partial charge in [0.15, 0.2) is 0 Å².